The van der Waals surface area contributed by atoms with Gasteiger partial charge in [0, 0.05) is 33.0 Å². The smallest absolute Gasteiger partial charge is 0.372 e. The Kier molecular flexibility index (Phi) is 13.7. The summed E-state index contributed by atoms with van der Waals surface area (Å²) in [6, 6.07) is 0. The summed E-state index contributed by atoms with van der Waals surface area (Å²) in [6.07, 6.45) is 3.43. The molecule has 0 bridgehead atoms. The van der Waals surface area contributed by atoms with Gasteiger partial charge >= 0.3 is 8.80 Å². The molecule has 1 unspecified atom stereocenters. The Bertz CT molecular complexity index is 215. The first-order valence-electron chi connectivity index (χ1n) is 8.44. The molecule has 1 N–H and O–H groups in total. The van der Waals surface area contributed by atoms with E-state index in [1.807, 2.05) is 20.8 Å². The molecule has 0 spiro atoms. The number of ether oxygens (including phenoxy) is 1. The van der Waals surface area contributed by atoms with E-state index in [1.54, 1.807) is 0 Å². The molecule has 6 heteroatoms. The first-order valence-corrected chi connectivity index (χ1v) is 10.2. The molecular formula is C15H35NO4Si. The number of hydrogen-bond donors (Lipinski definition) is 1. The average molecular weight is 322 g/mol. The van der Waals surface area contributed by atoms with Crippen LogP contribution < -0.4 is 5.32 Å². The molecule has 0 aromatic rings. The average Bonchev–Trinajstić information content (AvgIpc) is 2.47. The van der Waals surface area contributed by atoms with Crippen molar-refractivity contribution in [3.63, 3.8) is 0 Å². The second kappa shape index (κ2) is 13.7. The third-order valence-corrected chi connectivity index (χ3v) is 6.31. The quantitative estimate of drug-likeness (QED) is 0.371. The van der Waals surface area contributed by atoms with Crippen LogP contribution in [0.25, 0.3) is 0 Å². The van der Waals surface area contributed by atoms with E-state index in [1.165, 1.54) is 12.8 Å². The minimum atomic E-state index is -2.81. The van der Waals surface area contributed by atoms with Crippen LogP contribution in [0.15, 0.2) is 0 Å². The number of unbranched alkanes of at least 4 members (excludes halogenated alkanes) is 2. The summed E-state index contributed by atoms with van der Waals surface area (Å²) in [5.74, 6) is 0. The lowest BCUT2D eigenvalue weighted by molar-refractivity contribution is -0.0102. The fourth-order valence-electron chi connectivity index (χ4n) is 2.15. The summed E-state index contributed by atoms with van der Waals surface area (Å²) in [5.41, 5.74) is -0.144. The highest BCUT2D eigenvalue weighted by Gasteiger charge is 2.50. The van der Waals surface area contributed by atoms with Crippen molar-refractivity contribution in [1.82, 2.24) is 5.32 Å². The van der Waals surface area contributed by atoms with Crippen molar-refractivity contribution < 1.29 is 18.0 Å². The fraction of sp³-hybridized carbons (Fsp3) is 1.00. The van der Waals surface area contributed by atoms with Crippen molar-refractivity contribution in [2.24, 2.45) is 0 Å². The van der Waals surface area contributed by atoms with Crippen LogP contribution >= 0.6 is 0 Å². The molecule has 0 radical (unpaired) electrons. The highest BCUT2D eigenvalue weighted by Crippen LogP contribution is 2.18. The van der Waals surface area contributed by atoms with Crippen LogP contribution in [0.3, 0.4) is 0 Å². The van der Waals surface area contributed by atoms with Gasteiger partial charge in [0.25, 0.3) is 0 Å². The van der Waals surface area contributed by atoms with E-state index in [-0.39, 0.29) is 5.73 Å². The number of rotatable bonds is 15. The van der Waals surface area contributed by atoms with Gasteiger partial charge in [0.15, 0.2) is 0 Å². The van der Waals surface area contributed by atoms with Gasteiger partial charge in [-0.25, -0.2) is 0 Å². The Balaban J connectivity index is 4.84. The number of hydrogen-bond acceptors (Lipinski definition) is 5. The molecule has 5 nitrogen and oxygen atoms in total. The zero-order valence-corrected chi connectivity index (χ0v) is 15.6. The van der Waals surface area contributed by atoms with Crippen LogP contribution in [0.2, 0.25) is 0 Å². The van der Waals surface area contributed by atoms with Crippen molar-refractivity contribution in [3.05, 3.63) is 0 Å². The number of nitrogens with one attached hydrogen (secondary N) is 1. The van der Waals surface area contributed by atoms with Gasteiger partial charge in [-0.1, -0.05) is 26.7 Å². The van der Waals surface area contributed by atoms with Gasteiger partial charge in [-0.2, -0.15) is 0 Å². The molecular weight excluding hydrogens is 286 g/mol. The standard InChI is InChI=1S/C15H35NO4Si/c1-6-11-12-13-17-15(14-16-7-2)21(18-8-3,19-9-4)20-10-5/h15-16H,6-14H2,1-5H3. The summed E-state index contributed by atoms with van der Waals surface area (Å²) in [5, 5.41) is 3.34. The second-order valence-electron chi connectivity index (χ2n) is 4.78. The second-order valence-corrected chi connectivity index (χ2v) is 7.49. The summed E-state index contributed by atoms with van der Waals surface area (Å²) in [4.78, 5) is 0. The van der Waals surface area contributed by atoms with Gasteiger partial charge in [0.05, 0.1) is 0 Å². The maximum Gasteiger partial charge on any atom is 0.532 e. The molecule has 0 aromatic heterocycles. The monoisotopic (exact) mass is 321 g/mol. The topological polar surface area (TPSA) is 49.0 Å². The molecule has 21 heavy (non-hydrogen) atoms. The highest BCUT2D eigenvalue weighted by atomic mass is 28.4. The van der Waals surface area contributed by atoms with E-state index in [4.69, 9.17) is 18.0 Å². The Morgan fingerprint density at radius 3 is 1.86 bits per heavy atom. The minimum Gasteiger partial charge on any atom is -0.372 e. The third kappa shape index (κ3) is 8.28. The highest BCUT2D eigenvalue weighted by molar-refractivity contribution is 6.62. The van der Waals surface area contributed by atoms with E-state index < -0.39 is 8.80 Å². The van der Waals surface area contributed by atoms with Crippen molar-refractivity contribution in [1.29, 1.82) is 0 Å². The molecule has 1 atom stereocenters. The third-order valence-electron chi connectivity index (χ3n) is 3.08. The molecule has 0 heterocycles. The Morgan fingerprint density at radius 1 is 0.857 bits per heavy atom. The molecule has 0 aliphatic carbocycles. The van der Waals surface area contributed by atoms with Crippen LogP contribution in [0, 0.1) is 0 Å². The van der Waals surface area contributed by atoms with E-state index in [2.05, 4.69) is 19.2 Å². The van der Waals surface area contributed by atoms with E-state index in [9.17, 15) is 0 Å². The first kappa shape index (κ1) is 21.0. The summed E-state index contributed by atoms with van der Waals surface area (Å²) < 4.78 is 24.0. The largest absolute Gasteiger partial charge is 0.532 e. The SMILES string of the molecule is CCCCCOC(CNCC)[Si](OCC)(OCC)OCC. The Labute approximate surface area is 132 Å². The molecule has 128 valence electrons. The molecule has 0 saturated carbocycles. The van der Waals surface area contributed by atoms with Crippen molar-refractivity contribution >= 4 is 8.80 Å². The van der Waals surface area contributed by atoms with Crippen LogP contribution in [0.4, 0.5) is 0 Å². The lowest BCUT2D eigenvalue weighted by Crippen LogP contribution is -2.60. The van der Waals surface area contributed by atoms with E-state index in [0.717, 1.165) is 19.6 Å². The normalized spacial score (nSPS) is 13.6. The van der Waals surface area contributed by atoms with Gasteiger partial charge in [-0.05, 0) is 33.7 Å². The van der Waals surface area contributed by atoms with E-state index >= 15 is 0 Å². The Morgan fingerprint density at radius 2 is 1.43 bits per heavy atom. The zero-order valence-electron chi connectivity index (χ0n) is 14.6. The predicted molar refractivity (Wildman–Crippen MR) is 88.4 cm³/mol. The van der Waals surface area contributed by atoms with Gasteiger partial charge in [0.1, 0.15) is 5.73 Å². The van der Waals surface area contributed by atoms with Crippen molar-refractivity contribution in [2.75, 3.05) is 39.5 Å². The minimum absolute atomic E-state index is 0.144. The van der Waals surface area contributed by atoms with Crippen LogP contribution in [-0.2, 0) is 18.0 Å². The molecule has 0 fully saturated rings. The van der Waals surface area contributed by atoms with Crippen LogP contribution in [0.1, 0.15) is 53.9 Å². The molecule has 0 aliphatic rings. The maximum atomic E-state index is 6.09. The van der Waals surface area contributed by atoms with Crippen LogP contribution in [0.5, 0.6) is 0 Å². The lowest BCUT2D eigenvalue weighted by Gasteiger charge is -2.35. The molecule has 0 aliphatic heterocycles. The van der Waals surface area contributed by atoms with Gasteiger partial charge in [-0.15, -0.1) is 0 Å². The Hall–Kier alpha value is 0.0169. The van der Waals surface area contributed by atoms with Gasteiger partial charge < -0.3 is 23.3 Å². The molecule has 0 saturated heterocycles. The lowest BCUT2D eigenvalue weighted by atomic mass is 10.3. The first-order chi connectivity index (χ1) is 10.2. The maximum absolute atomic E-state index is 6.09. The predicted octanol–water partition coefficient (Wildman–Crippen LogP) is 2.76. The summed E-state index contributed by atoms with van der Waals surface area (Å²) in [7, 11) is -2.81. The molecule has 0 amide bonds. The summed E-state index contributed by atoms with van der Waals surface area (Å²) in [6.45, 7) is 14.2. The van der Waals surface area contributed by atoms with Crippen LogP contribution in [-0.4, -0.2) is 54.0 Å². The van der Waals surface area contributed by atoms with Gasteiger partial charge in [0.2, 0.25) is 0 Å². The van der Waals surface area contributed by atoms with Crippen molar-refractivity contribution in [2.45, 2.75) is 59.6 Å². The number of likely N-dealkylation sites (N-methyl/N-ethyl adjacent to an activating group) is 1. The molecule has 0 rings (SSSR count). The fourth-order valence-corrected chi connectivity index (χ4v) is 4.88. The van der Waals surface area contributed by atoms with Crippen molar-refractivity contribution in [3.8, 4) is 0 Å². The molecule has 0 aromatic carbocycles. The van der Waals surface area contributed by atoms with E-state index in [0.29, 0.717) is 26.4 Å². The van der Waals surface area contributed by atoms with Gasteiger partial charge in [-0.3, -0.25) is 0 Å². The summed E-state index contributed by atoms with van der Waals surface area (Å²) >= 11 is 0. The zero-order chi connectivity index (χ0) is 16.0.